The molecule has 1 saturated heterocycles. The summed E-state index contributed by atoms with van der Waals surface area (Å²) in [5, 5.41) is 3.75. The second-order valence-electron chi connectivity index (χ2n) is 6.30. The maximum atomic E-state index is 12.5. The Labute approximate surface area is 154 Å². The highest BCUT2D eigenvalue weighted by molar-refractivity contribution is 7.89. The van der Waals surface area contributed by atoms with Gasteiger partial charge in [-0.25, -0.2) is 17.9 Å². The number of rotatable bonds is 6. The van der Waals surface area contributed by atoms with Gasteiger partial charge in [0.1, 0.15) is 0 Å². The Kier molecular flexibility index (Phi) is 4.58. The van der Waals surface area contributed by atoms with Crippen LogP contribution in [0, 0.1) is 6.92 Å². The quantitative estimate of drug-likeness (QED) is 0.650. The molecule has 0 radical (unpaired) electrons. The smallest absolute Gasteiger partial charge is 0.408 e. The van der Waals surface area contributed by atoms with Gasteiger partial charge in [-0.15, -0.1) is 0 Å². The molecule has 0 bridgehead atoms. The van der Waals surface area contributed by atoms with E-state index in [1.807, 2.05) is 0 Å². The van der Waals surface area contributed by atoms with E-state index in [9.17, 15) is 13.2 Å². The lowest BCUT2D eigenvalue weighted by molar-refractivity contribution is 0.114. The molecule has 4 rings (SSSR count). The summed E-state index contributed by atoms with van der Waals surface area (Å²) >= 11 is 0. The van der Waals surface area contributed by atoms with Gasteiger partial charge in [0.2, 0.25) is 15.9 Å². The molecule has 3 heterocycles. The van der Waals surface area contributed by atoms with Gasteiger partial charge in [0, 0.05) is 26.1 Å². The fourth-order valence-corrected chi connectivity index (χ4v) is 4.08. The number of oxazole rings is 1. The molecule has 10 nitrogen and oxygen atoms in total. The number of hydrogen-bond donors (Lipinski definition) is 1. The van der Waals surface area contributed by atoms with Crippen molar-refractivity contribution < 1.29 is 22.1 Å². The molecule has 1 aromatic carbocycles. The molecule has 1 fully saturated rings. The number of nitrogens with one attached hydrogen (secondary N) is 1. The van der Waals surface area contributed by atoms with Crippen LogP contribution in [-0.2, 0) is 21.3 Å². The number of aryl methyl sites for hydroxylation is 1. The average molecular weight is 394 g/mol. The minimum atomic E-state index is -3.74. The summed E-state index contributed by atoms with van der Waals surface area (Å²) in [5.74, 6) is 0.0816. The van der Waals surface area contributed by atoms with Crippen LogP contribution in [0.1, 0.15) is 24.6 Å². The normalized spacial score (nSPS) is 17.7. The third kappa shape index (κ3) is 3.66. The lowest BCUT2D eigenvalue weighted by Crippen LogP contribution is -2.31. The third-order valence-corrected chi connectivity index (χ3v) is 5.77. The highest BCUT2D eigenvalue weighted by atomic mass is 32.2. The van der Waals surface area contributed by atoms with Gasteiger partial charge in [-0.3, -0.25) is 4.57 Å². The Hall–Kier alpha value is -2.50. The van der Waals surface area contributed by atoms with Crippen molar-refractivity contribution in [2.75, 3.05) is 13.2 Å². The first kappa shape index (κ1) is 17.9. The van der Waals surface area contributed by atoms with Crippen LogP contribution in [0.15, 0.2) is 36.8 Å². The van der Waals surface area contributed by atoms with Crippen LogP contribution >= 0.6 is 0 Å². The van der Waals surface area contributed by atoms with Crippen molar-refractivity contribution in [2.45, 2.75) is 37.3 Å². The Morgan fingerprint density at radius 3 is 2.93 bits per heavy atom. The molecule has 0 spiro atoms. The number of fused-ring (bicyclic) bond motifs is 1. The number of ether oxygens (including phenoxy) is 1. The highest BCUT2D eigenvalue weighted by Crippen LogP contribution is 2.20. The average Bonchev–Trinajstić information content (AvgIpc) is 3.35. The standard InChI is InChI=1S/C16H18N4O6S/c1-10-18-15(19-26-10)9-20-13-5-4-12(7-14(13)25-16(20)21)27(22,23)17-8-11-3-2-6-24-11/h4-5,7,11,17H,2-3,6,8-9H2,1H3/t11-/m1/s1. The van der Waals surface area contributed by atoms with Crippen LogP contribution in [0.3, 0.4) is 0 Å². The van der Waals surface area contributed by atoms with E-state index in [-0.39, 0.29) is 29.7 Å². The van der Waals surface area contributed by atoms with Crippen molar-refractivity contribution >= 4 is 21.1 Å². The second kappa shape index (κ2) is 6.91. The van der Waals surface area contributed by atoms with Gasteiger partial charge < -0.3 is 13.7 Å². The first-order chi connectivity index (χ1) is 12.9. The fourth-order valence-electron chi connectivity index (χ4n) is 3.00. The van der Waals surface area contributed by atoms with Gasteiger partial charge in [-0.1, -0.05) is 5.16 Å². The number of sulfonamides is 1. The maximum absolute atomic E-state index is 12.5. The molecule has 3 aromatic rings. The number of aromatic nitrogens is 3. The summed E-state index contributed by atoms with van der Waals surface area (Å²) in [7, 11) is -3.74. The van der Waals surface area contributed by atoms with Gasteiger partial charge in [-0.05, 0) is 25.0 Å². The summed E-state index contributed by atoms with van der Waals surface area (Å²) in [6.07, 6.45) is 1.65. The number of benzene rings is 1. The van der Waals surface area contributed by atoms with Crippen LogP contribution < -0.4 is 10.5 Å². The largest absolute Gasteiger partial charge is 0.420 e. The van der Waals surface area contributed by atoms with Crippen molar-refractivity contribution in [3.8, 4) is 0 Å². The predicted molar refractivity (Wildman–Crippen MR) is 92.8 cm³/mol. The first-order valence-electron chi connectivity index (χ1n) is 8.46. The molecule has 0 amide bonds. The summed E-state index contributed by atoms with van der Waals surface area (Å²) in [6.45, 7) is 2.57. The van der Waals surface area contributed by atoms with Crippen molar-refractivity contribution in [2.24, 2.45) is 0 Å². The molecule has 144 valence electrons. The predicted octanol–water partition coefficient (Wildman–Crippen LogP) is 0.792. The molecule has 1 atom stereocenters. The van der Waals surface area contributed by atoms with E-state index in [1.165, 1.54) is 22.8 Å². The first-order valence-corrected chi connectivity index (χ1v) is 9.94. The second-order valence-corrected chi connectivity index (χ2v) is 8.07. The Morgan fingerprint density at radius 2 is 2.22 bits per heavy atom. The van der Waals surface area contributed by atoms with Crippen molar-refractivity contribution in [3.05, 3.63) is 40.5 Å². The van der Waals surface area contributed by atoms with Crippen LogP contribution in [-0.4, -0.2) is 42.4 Å². The molecule has 1 aliphatic heterocycles. The minimum Gasteiger partial charge on any atom is -0.408 e. The summed E-state index contributed by atoms with van der Waals surface area (Å²) in [6, 6.07) is 4.27. The molecular formula is C16H18N4O6S. The lowest BCUT2D eigenvalue weighted by Gasteiger charge is -2.11. The van der Waals surface area contributed by atoms with Gasteiger partial charge in [0.05, 0.1) is 23.1 Å². The molecule has 1 aliphatic rings. The molecule has 0 unspecified atom stereocenters. The van der Waals surface area contributed by atoms with E-state index in [1.54, 1.807) is 6.92 Å². The summed E-state index contributed by atoms with van der Waals surface area (Å²) in [4.78, 5) is 16.2. The molecule has 11 heteroatoms. The van der Waals surface area contributed by atoms with E-state index in [4.69, 9.17) is 13.7 Å². The van der Waals surface area contributed by atoms with E-state index in [2.05, 4.69) is 14.9 Å². The van der Waals surface area contributed by atoms with Gasteiger partial charge >= 0.3 is 5.76 Å². The zero-order valence-electron chi connectivity index (χ0n) is 14.5. The Morgan fingerprint density at radius 1 is 1.37 bits per heavy atom. The highest BCUT2D eigenvalue weighted by Gasteiger charge is 2.22. The van der Waals surface area contributed by atoms with Crippen LogP contribution in [0.25, 0.3) is 11.1 Å². The summed E-state index contributed by atoms with van der Waals surface area (Å²) in [5.41, 5.74) is 0.612. The SMILES string of the molecule is Cc1nc(Cn2c(=O)oc3cc(S(=O)(=O)NC[C@H]4CCCO4)ccc32)no1. The van der Waals surface area contributed by atoms with Crippen LogP contribution in [0.5, 0.6) is 0 Å². The van der Waals surface area contributed by atoms with Gasteiger partial charge in [-0.2, -0.15) is 4.98 Å². The Bertz CT molecular complexity index is 1120. The maximum Gasteiger partial charge on any atom is 0.420 e. The van der Waals surface area contributed by atoms with Crippen molar-refractivity contribution in [1.82, 2.24) is 19.4 Å². The van der Waals surface area contributed by atoms with Gasteiger partial charge in [0.15, 0.2) is 11.4 Å². The summed E-state index contributed by atoms with van der Waals surface area (Å²) < 4.78 is 44.3. The third-order valence-electron chi connectivity index (χ3n) is 4.34. The molecule has 0 aliphatic carbocycles. The van der Waals surface area contributed by atoms with Crippen molar-refractivity contribution in [1.29, 1.82) is 0 Å². The molecule has 27 heavy (non-hydrogen) atoms. The minimum absolute atomic E-state index is 0.0179. The molecular weight excluding hydrogens is 376 g/mol. The number of hydrogen-bond acceptors (Lipinski definition) is 8. The molecule has 0 saturated carbocycles. The Balaban J connectivity index is 1.59. The number of nitrogens with zero attached hydrogens (tertiary/aromatic N) is 3. The molecule has 1 N–H and O–H groups in total. The van der Waals surface area contributed by atoms with Crippen molar-refractivity contribution in [3.63, 3.8) is 0 Å². The monoisotopic (exact) mass is 394 g/mol. The topological polar surface area (TPSA) is 129 Å². The fraction of sp³-hybridized carbons (Fsp3) is 0.438. The molecule has 2 aromatic heterocycles. The van der Waals surface area contributed by atoms with E-state index < -0.39 is 15.8 Å². The van der Waals surface area contributed by atoms with E-state index in [0.717, 1.165) is 12.8 Å². The van der Waals surface area contributed by atoms with Crippen LogP contribution in [0.4, 0.5) is 0 Å². The lowest BCUT2D eigenvalue weighted by atomic mass is 10.2. The van der Waals surface area contributed by atoms with Crippen LogP contribution in [0.2, 0.25) is 0 Å². The van der Waals surface area contributed by atoms with Gasteiger partial charge in [0.25, 0.3) is 0 Å². The van der Waals surface area contributed by atoms with E-state index >= 15 is 0 Å². The van der Waals surface area contributed by atoms with E-state index in [0.29, 0.717) is 23.8 Å². The zero-order valence-corrected chi connectivity index (χ0v) is 15.4. The zero-order chi connectivity index (χ0) is 19.0.